The van der Waals surface area contributed by atoms with E-state index in [4.69, 9.17) is 23.2 Å². The van der Waals surface area contributed by atoms with Crippen LogP contribution in [-0.2, 0) is 4.79 Å². The molecular formula is C17H21Cl2N3O2. The Bertz CT molecular complexity index is 659. The molecule has 1 saturated heterocycles. The second-order valence-corrected chi connectivity index (χ2v) is 7.51. The predicted molar refractivity (Wildman–Crippen MR) is 95.5 cm³/mol. The molecule has 130 valence electrons. The summed E-state index contributed by atoms with van der Waals surface area (Å²) in [6, 6.07) is 4.70. The highest BCUT2D eigenvalue weighted by Gasteiger charge is 2.52. The molecular weight excluding hydrogens is 349 g/mol. The van der Waals surface area contributed by atoms with Crippen LogP contribution in [0.4, 0.5) is 10.5 Å². The minimum Gasteiger partial charge on any atom is -0.359 e. The van der Waals surface area contributed by atoms with Gasteiger partial charge in [-0.25, -0.2) is 4.79 Å². The molecule has 1 aliphatic heterocycles. The molecule has 3 amide bonds. The third kappa shape index (κ3) is 3.20. The van der Waals surface area contributed by atoms with Crippen LogP contribution in [0, 0.1) is 11.3 Å². The lowest BCUT2D eigenvalue weighted by Crippen LogP contribution is -2.38. The molecule has 2 fully saturated rings. The van der Waals surface area contributed by atoms with Crippen LogP contribution < -0.4 is 10.6 Å². The topological polar surface area (TPSA) is 61.4 Å². The van der Waals surface area contributed by atoms with Crippen LogP contribution in [-0.4, -0.2) is 37.0 Å². The zero-order valence-corrected chi connectivity index (χ0v) is 15.1. The first-order valence-corrected chi connectivity index (χ1v) is 8.93. The van der Waals surface area contributed by atoms with E-state index in [1.165, 1.54) is 0 Å². The van der Waals surface area contributed by atoms with Crippen LogP contribution in [0.15, 0.2) is 18.2 Å². The fraction of sp³-hybridized carbons (Fsp3) is 0.529. The summed E-state index contributed by atoms with van der Waals surface area (Å²) in [5, 5.41) is 6.51. The van der Waals surface area contributed by atoms with Crippen LogP contribution >= 0.6 is 23.2 Å². The van der Waals surface area contributed by atoms with Crippen molar-refractivity contribution in [3.05, 3.63) is 28.2 Å². The molecule has 1 heterocycles. The van der Waals surface area contributed by atoms with Crippen LogP contribution in [0.3, 0.4) is 0 Å². The summed E-state index contributed by atoms with van der Waals surface area (Å²) < 4.78 is 0. The summed E-state index contributed by atoms with van der Waals surface area (Å²) in [6.45, 7) is 1.04. The van der Waals surface area contributed by atoms with E-state index in [0.29, 0.717) is 28.8 Å². The van der Waals surface area contributed by atoms with Gasteiger partial charge in [-0.15, -0.1) is 0 Å². The molecule has 24 heavy (non-hydrogen) atoms. The maximum absolute atomic E-state index is 12.7. The molecule has 1 saturated carbocycles. The maximum atomic E-state index is 12.7. The number of carbonyl (C=O) groups excluding carboxylic acids is 2. The van der Waals surface area contributed by atoms with Crippen LogP contribution in [0.25, 0.3) is 0 Å². The molecule has 5 nitrogen and oxygen atoms in total. The van der Waals surface area contributed by atoms with Gasteiger partial charge in [0.2, 0.25) is 5.91 Å². The van der Waals surface area contributed by atoms with Crippen molar-refractivity contribution in [2.45, 2.75) is 25.7 Å². The highest BCUT2D eigenvalue weighted by atomic mass is 35.5. The van der Waals surface area contributed by atoms with E-state index in [-0.39, 0.29) is 23.3 Å². The van der Waals surface area contributed by atoms with Gasteiger partial charge in [-0.2, -0.15) is 0 Å². The summed E-state index contributed by atoms with van der Waals surface area (Å²) in [4.78, 5) is 26.7. The number of hydrogen-bond donors (Lipinski definition) is 2. The van der Waals surface area contributed by atoms with E-state index in [2.05, 4.69) is 10.6 Å². The number of rotatable bonds is 2. The van der Waals surface area contributed by atoms with Crippen molar-refractivity contribution in [2.75, 3.05) is 25.5 Å². The largest absolute Gasteiger partial charge is 0.359 e. The molecule has 2 aliphatic rings. The number of halogens is 2. The van der Waals surface area contributed by atoms with Crippen molar-refractivity contribution in [3.8, 4) is 0 Å². The van der Waals surface area contributed by atoms with Crippen molar-refractivity contribution < 1.29 is 9.59 Å². The average Bonchev–Trinajstić information content (AvgIpc) is 3.18. The lowest BCUT2D eigenvalue weighted by molar-refractivity contribution is -0.127. The highest BCUT2D eigenvalue weighted by molar-refractivity contribution is 6.35. The lowest BCUT2D eigenvalue weighted by Gasteiger charge is -2.28. The number of benzene rings is 1. The highest BCUT2D eigenvalue weighted by Crippen LogP contribution is 2.49. The Morgan fingerprint density at radius 3 is 2.62 bits per heavy atom. The van der Waals surface area contributed by atoms with Gasteiger partial charge in [-0.1, -0.05) is 36.0 Å². The Morgan fingerprint density at radius 1 is 1.25 bits per heavy atom. The second kappa shape index (κ2) is 6.81. The average molecular weight is 370 g/mol. The molecule has 1 unspecified atom stereocenters. The summed E-state index contributed by atoms with van der Waals surface area (Å²) in [6.07, 6.45) is 4.21. The van der Waals surface area contributed by atoms with Crippen LogP contribution in [0.1, 0.15) is 25.7 Å². The Hall–Kier alpha value is -1.46. The van der Waals surface area contributed by atoms with E-state index in [1.807, 2.05) is 0 Å². The minimum atomic E-state index is -0.239. The first-order chi connectivity index (χ1) is 11.4. The number of amides is 3. The van der Waals surface area contributed by atoms with Gasteiger partial charge >= 0.3 is 6.03 Å². The predicted octanol–water partition coefficient (Wildman–Crippen LogP) is 3.76. The van der Waals surface area contributed by atoms with Gasteiger partial charge in [0, 0.05) is 30.6 Å². The van der Waals surface area contributed by atoms with Crippen LogP contribution in [0.2, 0.25) is 10.0 Å². The smallest absolute Gasteiger partial charge is 0.321 e. The number of anilines is 1. The second-order valence-electron chi connectivity index (χ2n) is 6.67. The Kier molecular flexibility index (Phi) is 4.92. The zero-order valence-electron chi connectivity index (χ0n) is 13.6. The normalized spacial score (nSPS) is 22.0. The van der Waals surface area contributed by atoms with Crippen molar-refractivity contribution in [2.24, 2.45) is 11.3 Å². The van der Waals surface area contributed by atoms with Crippen molar-refractivity contribution in [1.82, 2.24) is 10.2 Å². The molecule has 7 heteroatoms. The maximum Gasteiger partial charge on any atom is 0.321 e. The standard InChI is InChI=1S/C17H21Cl2N3O2/c1-20-15(23)12-9-22(10-17(12)6-2-3-7-17)16(24)21-14-8-11(18)4-5-13(14)19/h4-5,8,12H,2-3,6-7,9-10H2,1H3,(H,20,23)(H,21,24). The fourth-order valence-electron chi connectivity index (χ4n) is 4.03. The molecule has 0 aromatic heterocycles. The van der Waals surface area contributed by atoms with E-state index in [9.17, 15) is 9.59 Å². The molecule has 1 aromatic carbocycles. The van der Waals surface area contributed by atoms with Gasteiger partial charge < -0.3 is 15.5 Å². The summed E-state index contributed by atoms with van der Waals surface area (Å²) in [5.41, 5.74) is 0.397. The quantitative estimate of drug-likeness (QED) is 0.833. The minimum absolute atomic E-state index is 0.0213. The monoisotopic (exact) mass is 369 g/mol. The van der Waals surface area contributed by atoms with Crippen molar-refractivity contribution in [3.63, 3.8) is 0 Å². The number of nitrogens with zero attached hydrogens (tertiary/aromatic N) is 1. The Labute approximate surface area is 151 Å². The van der Waals surface area contributed by atoms with Gasteiger partial charge in [0.05, 0.1) is 16.6 Å². The van der Waals surface area contributed by atoms with Gasteiger partial charge in [0.25, 0.3) is 0 Å². The molecule has 1 spiro atoms. The lowest BCUT2D eigenvalue weighted by atomic mass is 9.76. The van der Waals surface area contributed by atoms with Crippen molar-refractivity contribution >= 4 is 40.8 Å². The third-order valence-electron chi connectivity index (χ3n) is 5.27. The molecule has 0 bridgehead atoms. The summed E-state index contributed by atoms with van der Waals surface area (Å²) in [7, 11) is 1.65. The fourth-order valence-corrected chi connectivity index (χ4v) is 4.37. The molecule has 1 aliphatic carbocycles. The number of urea groups is 1. The molecule has 2 N–H and O–H groups in total. The zero-order chi connectivity index (χ0) is 17.3. The van der Waals surface area contributed by atoms with E-state index in [0.717, 1.165) is 25.7 Å². The van der Waals surface area contributed by atoms with E-state index in [1.54, 1.807) is 30.1 Å². The number of likely N-dealkylation sites (tertiary alicyclic amines) is 1. The molecule has 1 aromatic rings. The summed E-state index contributed by atoms with van der Waals surface area (Å²) >= 11 is 12.1. The van der Waals surface area contributed by atoms with Gasteiger partial charge in [-0.3, -0.25) is 4.79 Å². The number of carbonyl (C=O) groups is 2. The molecule has 1 atom stereocenters. The van der Waals surface area contributed by atoms with Gasteiger partial charge in [-0.05, 0) is 31.0 Å². The van der Waals surface area contributed by atoms with Gasteiger partial charge in [0.15, 0.2) is 0 Å². The van der Waals surface area contributed by atoms with Crippen molar-refractivity contribution in [1.29, 1.82) is 0 Å². The Morgan fingerprint density at radius 2 is 1.96 bits per heavy atom. The number of nitrogens with one attached hydrogen (secondary N) is 2. The first-order valence-electron chi connectivity index (χ1n) is 8.18. The van der Waals surface area contributed by atoms with E-state index >= 15 is 0 Å². The van der Waals surface area contributed by atoms with Gasteiger partial charge in [0.1, 0.15) is 0 Å². The van der Waals surface area contributed by atoms with Crippen LogP contribution in [0.5, 0.6) is 0 Å². The molecule has 0 radical (unpaired) electrons. The molecule has 3 rings (SSSR count). The SMILES string of the molecule is CNC(=O)C1CN(C(=O)Nc2cc(Cl)ccc2Cl)CC12CCCC2. The third-order valence-corrected chi connectivity index (χ3v) is 5.83. The van der Waals surface area contributed by atoms with E-state index < -0.39 is 0 Å². The number of hydrogen-bond acceptors (Lipinski definition) is 2. The summed E-state index contributed by atoms with van der Waals surface area (Å²) in [5.74, 6) is -0.126. The first kappa shape index (κ1) is 17.4. The Balaban J connectivity index is 1.76.